The predicted octanol–water partition coefficient (Wildman–Crippen LogP) is 0.990. The molecule has 0 radical (unpaired) electrons. The van der Waals surface area contributed by atoms with Crippen molar-refractivity contribution >= 4 is 11.8 Å². The average Bonchev–Trinajstić information content (AvgIpc) is 2.46. The number of hydrogen-bond acceptors (Lipinski definition) is 5. The van der Waals surface area contributed by atoms with Gasteiger partial charge < -0.3 is 15.5 Å². The minimum atomic E-state index is -0.00838. The van der Waals surface area contributed by atoms with Crippen LogP contribution in [0.1, 0.15) is 31.2 Å². The van der Waals surface area contributed by atoms with E-state index in [0.717, 1.165) is 38.2 Å². The van der Waals surface area contributed by atoms with Crippen molar-refractivity contribution < 1.29 is 0 Å². The molecule has 0 atom stereocenters. The highest BCUT2D eigenvalue weighted by Gasteiger charge is 2.23. The summed E-state index contributed by atoms with van der Waals surface area (Å²) >= 11 is 0. The number of nitrogens with two attached hydrogens (primary N) is 1. The second-order valence-electron chi connectivity index (χ2n) is 5.38. The maximum atomic E-state index is 7.53. The summed E-state index contributed by atoms with van der Waals surface area (Å²) in [5.41, 5.74) is 6.88. The van der Waals surface area contributed by atoms with Gasteiger partial charge in [-0.3, -0.25) is 5.41 Å². The zero-order valence-corrected chi connectivity index (χ0v) is 12.6. The van der Waals surface area contributed by atoms with Crippen molar-refractivity contribution in [3.05, 3.63) is 17.5 Å². The molecular weight excluding hydrogens is 252 g/mol. The molecule has 1 aromatic heterocycles. The molecule has 0 saturated carbocycles. The molecule has 20 heavy (non-hydrogen) atoms. The zero-order chi connectivity index (χ0) is 14.7. The minimum absolute atomic E-state index is 0.00838. The van der Waals surface area contributed by atoms with E-state index in [-0.39, 0.29) is 5.84 Å². The first kappa shape index (κ1) is 14.7. The molecule has 0 aliphatic carbocycles. The van der Waals surface area contributed by atoms with Crippen LogP contribution in [0, 0.1) is 12.3 Å². The Bertz CT molecular complexity index is 479. The molecule has 3 N–H and O–H groups in total. The highest BCUT2D eigenvalue weighted by atomic mass is 15.3. The highest BCUT2D eigenvalue weighted by molar-refractivity contribution is 5.93. The number of piperidine rings is 1. The molecule has 1 fully saturated rings. The minimum Gasteiger partial charge on any atom is -0.382 e. The number of anilines is 1. The number of nitrogens with zero attached hydrogens (tertiary/aromatic N) is 4. The monoisotopic (exact) mass is 276 g/mol. The maximum absolute atomic E-state index is 7.53. The van der Waals surface area contributed by atoms with Crippen molar-refractivity contribution in [1.29, 1.82) is 5.41 Å². The standard InChI is InChI=1S/C14H24N6/c1-4-20-7-5-11(6-8-20)19(3)14-17-10(2)9-12(18-14)13(15)16/h9,11H,4-8H2,1-3H3,(H3,15,16). The Hall–Kier alpha value is -1.69. The Morgan fingerprint density at radius 2 is 2.10 bits per heavy atom. The van der Waals surface area contributed by atoms with E-state index in [4.69, 9.17) is 11.1 Å². The van der Waals surface area contributed by atoms with E-state index in [1.807, 2.05) is 14.0 Å². The average molecular weight is 276 g/mol. The van der Waals surface area contributed by atoms with Crippen LogP contribution in [0.15, 0.2) is 6.07 Å². The Balaban J connectivity index is 2.13. The first-order valence-corrected chi connectivity index (χ1v) is 7.16. The van der Waals surface area contributed by atoms with Gasteiger partial charge in [0.25, 0.3) is 0 Å². The second kappa shape index (κ2) is 6.17. The van der Waals surface area contributed by atoms with Gasteiger partial charge in [-0.1, -0.05) is 6.92 Å². The van der Waals surface area contributed by atoms with Crippen molar-refractivity contribution in [2.75, 3.05) is 31.6 Å². The van der Waals surface area contributed by atoms with Crippen molar-refractivity contribution in [3.63, 3.8) is 0 Å². The van der Waals surface area contributed by atoms with Crippen LogP contribution in [0.3, 0.4) is 0 Å². The lowest BCUT2D eigenvalue weighted by atomic mass is 10.0. The fraction of sp³-hybridized carbons (Fsp3) is 0.643. The van der Waals surface area contributed by atoms with Crippen LogP contribution in [0.2, 0.25) is 0 Å². The van der Waals surface area contributed by atoms with Gasteiger partial charge in [0.2, 0.25) is 5.95 Å². The molecule has 0 unspecified atom stereocenters. The number of aromatic nitrogens is 2. The number of likely N-dealkylation sites (tertiary alicyclic amines) is 1. The molecule has 0 bridgehead atoms. The lowest BCUT2D eigenvalue weighted by molar-refractivity contribution is 0.220. The van der Waals surface area contributed by atoms with Gasteiger partial charge in [-0.2, -0.15) is 0 Å². The van der Waals surface area contributed by atoms with E-state index in [0.29, 0.717) is 17.7 Å². The van der Waals surface area contributed by atoms with Crippen molar-refractivity contribution in [2.24, 2.45) is 5.73 Å². The Kier molecular flexibility index (Phi) is 4.54. The maximum Gasteiger partial charge on any atom is 0.226 e. The van der Waals surface area contributed by atoms with Gasteiger partial charge in [0.1, 0.15) is 11.5 Å². The Labute approximate surface area is 120 Å². The topological polar surface area (TPSA) is 82.1 Å². The molecule has 110 valence electrons. The van der Waals surface area contributed by atoms with Gasteiger partial charge >= 0.3 is 0 Å². The summed E-state index contributed by atoms with van der Waals surface area (Å²) < 4.78 is 0. The largest absolute Gasteiger partial charge is 0.382 e. The Morgan fingerprint density at radius 3 is 2.65 bits per heavy atom. The summed E-state index contributed by atoms with van der Waals surface area (Å²) in [6, 6.07) is 2.21. The third kappa shape index (κ3) is 3.25. The van der Waals surface area contributed by atoms with Gasteiger partial charge in [0.05, 0.1) is 0 Å². The smallest absolute Gasteiger partial charge is 0.226 e. The van der Waals surface area contributed by atoms with E-state index in [1.54, 1.807) is 6.07 Å². The summed E-state index contributed by atoms with van der Waals surface area (Å²) in [6.07, 6.45) is 2.24. The van der Waals surface area contributed by atoms with E-state index in [9.17, 15) is 0 Å². The fourth-order valence-corrected chi connectivity index (χ4v) is 2.63. The van der Waals surface area contributed by atoms with Crippen LogP contribution in [0.25, 0.3) is 0 Å². The first-order chi connectivity index (χ1) is 9.51. The molecule has 2 heterocycles. The molecule has 1 saturated heterocycles. The summed E-state index contributed by atoms with van der Waals surface area (Å²) in [6.45, 7) is 7.47. The molecular formula is C14H24N6. The molecule has 0 aromatic carbocycles. The molecule has 0 spiro atoms. The first-order valence-electron chi connectivity index (χ1n) is 7.16. The number of nitrogens with one attached hydrogen (secondary N) is 1. The lowest BCUT2D eigenvalue weighted by Gasteiger charge is -2.36. The van der Waals surface area contributed by atoms with E-state index >= 15 is 0 Å². The number of rotatable bonds is 4. The number of amidine groups is 1. The molecule has 1 aliphatic rings. The van der Waals surface area contributed by atoms with Crippen LogP contribution in [0.4, 0.5) is 5.95 Å². The van der Waals surface area contributed by atoms with E-state index in [2.05, 4.69) is 26.7 Å². The number of hydrogen-bond donors (Lipinski definition) is 2. The third-order valence-corrected chi connectivity index (χ3v) is 3.99. The SMILES string of the molecule is CCN1CCC(N(C)c2nc(C)cc(C(=N)N)n2)CC1. The molecule has 0 amide bonds. The van der Waals surface area contributed by atoms with Crippen molar-refractivity contribution in [3.8, 4) is 0 Å². The van der Waals surface area contributed by atoms with Crippen molar-refractivity contribution in [1.82, 2.24) is 14.9 Å². The molecule has 1 aromatic rings. The number of nitrogen functional groups attached to an aromatic ring is 1. The predicted molar refractivity (Wildman–Crippen MR) is 81.3 cm³/mol. The van der Waals surface area contributed by atoms with Gasteiger partial charge in [-0.05, 0) is 32.4 Å². The van der Waals surface area contributed by atoms with E-state index in [1.165, 1.54) is 0 Å². The van der Waals surface area contributed by atoms with Crippen LogP contribution in [-0.4, -0.2) is 53.4 Å². The van der Waals surface area contributed by atoms with Crippen molar-refractivity contribution in [2.45, 2.75) is 32.7 Å². The van der Waals surface area contributed by atoms with Crippen LogP contribution < -0.4 is 10.6 Å². The van der Waals surface area contributed by atoms with E-state index < -0.39 is 0 Å². The van der Waals surface area contributed by atoms with Crippen LogP contribution in [-0.2, 0) is 0 Å². The summed E-state index contributed by atoms with van der Waals surface area (Å²) in [5.74, 6) is 0.663. The van der Waals surface area contributed by atoms with Crippen LogP contribution >= 0.6 is 0 Å². The summed E-state index contributed by atoms with van der Waals surface area (Å²) in [7, 11) is 2.03. The molecule has 6 heteroatoms. The summed E-state index contributed by atoms with van der Waals surface area (Å²) in [4.78, 5) is 13.5. The molecule has 1 aliphatic heterocycles. The van der Waals surface area contributed by atoms with Gasteiger partial charge in [-0.25, -0.2) is 9.97 Å². The molecule has 6 nitrogen and oxygen atoms in total. The zero-order valence-electron chi connectivity index (χ0n) is 12.6. The highest BCUT2D eigenvalue weighted by Crippen LogP contribution is 2.19. The fourth-order valence-electron chi connectivity index (χ4n) is 2.63. The van der Waals surface area contributed by atoms with Gasteiger partial charge in [0.15, 0.2) is 0 Å². The summed E-state index contributed by atoms with van der Waals surface area (Å²) in [5, 5.41) is 7.53. The molecule has 2 rings (SSSR count). The van der Waals surface area contributed by atoms with Crippen LogP contribution in [0.5, 0.6) is 0 Å². The number of aryl methyl sites for hydroxylation is 1. The normalized spacial score (nSPS) is 17.1. The second-order valence-corrected chi connectivity index (χ2v) is 5.38. The van der Waals surface area contributed by atoms with Gasteiger partial charge in [-0.15, -0.1) is 0 Å². The van der Waals surface area contributed by atoms with Gasteiger partial charge in [0, 0.05) is 31.9 Å². The third-order valence-electron chi connectivity index (χ3n) is 3.99. The lowest BCUT2D eigenvalue weighted by Crippen LogP contribution is -2.44. The quantitative estimate of drug-likeness (QED) is 0.633. The Morgan fingerprint density at radius 1 is 1.45 bits per heavy atom.